The molecule has 0 bridgehead atoms. The molecule has 0 heterocycles. The fraction of sp³-hybridized carbons (Fsp3) is 0.200. The Kier molecular flexibility index (Phi) is 9.34. The largest absolute Gasteiger partial charge is 0.494 e. The number of methoxy groups -OCH3 is 1. The smallest absolute Gasteiger partial charge is 0.435 e. The molecule has 0 saturated heterocycles. The highest BCUT2D eigenvalue weighted by Crippen LogP contribution is 2.55. The summed E-state index contributed by atoms with van der Waals surface area (Å²) in [5.41, 5.74) is -9.56. The molecule has 42 heavy (non-hydrogen) atoms. The number of anilines is 2. The highest BCUT2D eigenvalue weighted by molar-refractivity contribution is 9.10. The second-order valence-electron chi connectivity index (χ2n) is 8.17. The van der Waals surface area contributed by atoms with E-state index in [-0.39, 0.29) is 29.1 Å². The van der Waals surface area contributed by atoms with Gasteiger partial charge in [0.25, 0.3) is 11.8 Å². The third-order valence-electron chi connectivity index (χ3n) is 5.51. The topological polar surface area (TPSA) is 76.7 Å². The van der Waals surface area contributed by atoms with Gasteiger partial charge in [-0.2, -0.15) is 35.1 Å². The Morgan fingerprint density at radius 1 is 0.857 bits per heavy atom. The Balaban J connectivity index is 2.04. The lowest BCUT2D eigenvalue weighted by Gasteiger charge is -2.31. The van der Waals surface area contributed by atoms with Crippen LogP contribution < -0.4 is 20.1 Å². The van der Waals surface area contributed by atoms with Crippen molar-refractivity contribution in [1.82, 2.24) is 0 Å². The van der Waals surface area contributed by atoms with Crippen LogP contribution in [0.2, 0.25) is 0 Å². The summed E-state index contributed by atoms with van der Waals surface area (Å²) in [5, 5.41) is 4.39. The van der Waals surface area contributed by atoms with Crippen LogP contribution in [-0.2, 0) is 5.67 Å². The molecule has 2 amide bonds. The summed E-state index contributed by atoms with van der Waals surface area (Å²) in [6, 6.07) is 7.67. The third kappa shape index (κ3) is 6.55. The predicted octanol–water partition coefficient (Wildman–Crippen LogP) is 7.99. The van der Waals surface area contributed by atoms with Gasteiger partial charge in [-0.05, 0) is 64.5 Å². The van der Waals surface area contributed by atoms with Crippen molar-refractivity contribution < 1.29 is 63.0 Å². The van der Waals surface area contributed by atoms with E-state index in [4.69, 9.17) is 4.74 Å². The van der Waals surface area contributed by atoms with Gasteiger partial charge in [0.2, 0.25) is 0 Å². The predicted molar refractivity (Wildman–Crippen MR) is 131 cm³/mol. The number of nitrogens with one attached hydrogen (secondary N) is 2. The molecule has 0 aliphatic rings. The van der Waals surface area contributed by atoms with Crippen LogP contribution >= 0.6 is 15.9 Å². The van der Waals surface area contributed by atoms with Crippen LogP contribution in [0, 0.1) is 5.82 Å². The van der Waals surface area contributed by atoms with Crippen LogP contribution in [0.25, 0.3) is 0 Å². The van der Waals surface area contributed by atoms with Crippen LogP contribution in [0.15, 0.2) is 59.1 Å². The van der Waals surface area contributed by atoms with Gasteiger partial charge < -0.3 is 20.1 Å². The van der Waals surface area contributed by atoms with E-state index in [9.17, 15) is 53.5 Å². The van der Waals surface area contributed by atoms with E-state index < -0.39 is 69.3 Å². The number of amides is 2. The molecule has 0 spiro atoms. The summed E-state index contributed by atoms with van der Waals surface area (Å²) in [5.74, 6) is -4.37. The Morgan fingerprint density at radius 2 is 1.45 bits per heavy atom. The molecule has 0 aliphatic heterocycles. The summed E-state index contributed by atoms with van der Waals surface area (Å²) >= 11 is 2.57. The highest BCUT2D eigenvalue weighted by atomic mass is 79.9. The van der Waals surface area contributed by atoms with Gasteiger partial charge in [-0.1, -0.05) is 6.07 Å². The molecule has 17 heteroatoms. The summed E-state index contributed by atoms with van der Waals surface area (Å²) < 4.78 is 142. The molecule has 0 aromatic heterocycles. The number of benzene rings is 3. The molecule has 0 atom stereocenters. The zero-order valence-corrected chi connectivity index (χ0v) is 22.2. The monoisotopic (exact) mass is 676 g/mol. The van der Waals surface area contributed by atoms with Gasteiger partial charge in [0, 0.05) is 15.6 Å². The number of carbonyl (C=O) groups is 2. The van der Waals surface area contributed by atoms with Crippen LogP contribution in [0.3, 0.4) is 0 Å². The van der Waals surface area contributed by atoms with E-state index in [2.05, 4.69) is 26.0 Å². The quantitative estimate of drug-likeness (QED) is 0.237. The standard InChI is InChI=1S/C25H15BrF10N2O4/c1-41-19-14(3-2-4-16(19)37-20(39)11-5-7-13(27)8-6-11)21(40)38-18-15(26)9-12(10-17(18)42-22(28)29)23(30,24(31,32)33)25(34,35)36/h2-10,22H,1H3,(H,37,39)(H,38,40). The highest BCUT2D eigenvalue weighted by Gasteiger charge is 2.73. The minimum absolute atomic E-state index is 0.00719. The van der Waals surface area contributed by atoms with Gasteiger partial charge in [0.05, 0.1) is 24.0 Å². The van der Waals surface area contributed by atoms with E-state index >= 15 is 0 Å². The molecule has 6 nitrogen and oxygen atoms in total. The average molecular weight is 677 g/mol. The number of para-hydroxylation sites is 1. The van der Waals surface area contributed by atoms with E-state index in [0.29, 0.717) is 0 Å². The van der Waals surface area contributed by atoms with Crippen LogP contribution in [0.1, 0.15) is 26.3 Å². The SMILES string of the molecule is COc1c(NC(=O)c2ccc(F)cc2)cccc1C(=O)Nc1c(Br)cc(C(F)(C(F)(F)F)C(F)(F)F)cc1OC(F)F. The van der Waals surface area contributed by atoms with Crippen molar-refractivity contribution in [2.24, 2.45) is 0 Å². The summed E-state index contributed by atoms with van der Waals surface area (Å²) in [4.78, 5) is 25.6. The van der Waals surface area contributed by atoms with E-state index in [1.807, 2.05) is 5.32 Å². The summed E-state index contributed by atoms with van der Waals surface area (Å²) in [7, 11) is 1.07. The van der Waals surface area contributed by atoms with Crippen LogP contribution in [-0.4, -0.2) is 37.9 Å². The van der Waals surface area contributed by atoms with Crippen molar-refractivity contribution in [3.63, 3.8) is 0 Å². The lowest BCUT2D eigenvalue weighted by molar-refractivity contribution is -0.348. The maximum atomic E-state index is 14.6. The number of carbonyl (C=O) groups excluding carboxylic acids is 2. The number of rotatable bonds is 8. The zero-order chi connectivity index (χ0) is 31.6. The second kappa shape index (κ2) is 12.1. The number of ether oxygens (including phenoxy) is 2. The molecule has 0 aliphatic carbocycles. The molecule has 0 saturated carbocycles. The lowest BCUT2D eigenvalue weighted by atomic mass is 9.93. The van der Waals surface area contributed by atoms with Gasteiger partial charge in [-0.25, -0.2) is 8.78 Å². The van der Waals surface area contributed by atoms with Crippen molar-refractivity contribution in [1.29, 1.82) is 0 Å². The molecule has 226 valence electrons. The van der Waals surface area contributed by atoms with Crippen molar-refractivity contribution in [3.8, 4) is 11.5 Å². The van der Waals surface area contributed by atoms with Gasteiger partial charge in [-0.15, -0.1) is 0 Å². The minimum Gasteiger partial charge on any atom is -0.494 e. The minimum atomic E-state index is -6.57. The third-order valence-corrected chi connectivity index (χ3v) is 6.13. The van der Waals surface area contributed by atoms with E-state index in [1.54, 1.807) is 0 Å². The first-order chi connectivity index (χ1) is 19.4. The molecule has 3 aromatic carbocycles. The number of alkyl halides is 9. The van der Waals surface area contributed by atoms with E-state index in [1.165, 1.54) is 12.1 Å². The zero-order valence-electron chi connectivity index (χ0n) is 20.6. The molecule has 3 aromatic rings. The van der Waals surface area contributed by atoms with Crippen molar-refractivity contribution >= 4 is 39.1 Å². The van der Waals surface area contributed by atoms with Crippen molar-refractivity contribution in [3.05, 3.63) is 81.6 Å². The fourth-order valence-corrected chi connectivity index (χ4v) is 4.13. The van der Waals surface area contributed by atoms with Crippen LogP contribution in [0.4, 0.5) is 55.3 Å². The first-order valence-electron chi connectivity index (χ1n) is 11.1. The normalized spacial score (nSPS) is 12.2. The Morgan fingerprint density at radius 3 is 1.98 bits per heavy atom. The van der Waals surface area contributed by atoms with Crippen LogP contribution in [0.5, 0.6) is 11.5 Å². The van der Waals surface area contributed by atoms with Gasteiger partial charge in [-0.3, -0.25) is 9.59 Å². The average Bonchev–Trinajstić information content (AvgIpc) is 2.88. The second-order valence-corrected chi connectivity index (χ2v) is 9.02. The van der Waals surface area contributed by atoms with Crippen molar-refractivity contribution in [2.45, 2.75) is 24.6 Å². The number of hydrogen-bond acceptors (Lipinski definition) is 4. The molecular weight excluding hydrogens is 662 g/mol. The Labute approximate surface area is 237 Å². The number of halogens is 11. The molecule has 2 N–H and O–H groups in total. The van der Waals surface area contributed by atoms with Gasteiger partial charge in [0.15, 0.2) is 11.5 Å². The van der Waals surface area contributed by atoms with E-state index in [0.717, 1.165) is 37.4 Å². The summed E-state index contributed by atoms with van der Waals surface area (Å²) in [6.45, 7) is -3.83. The molecule has 0 radical (unpaired) electrons. The lowest BCUT2D eigenvalue weighted by Crippen LogP contribution is -2.50. The number of hydrogen-bond donors (Lipinski definition) is 2. The molecule has 3 rings (SSSR count). The first kappa shape index (κ1) is 32.5. The molecule has 0 unspecified atom stereocenters. The fourth-order valence-electron chi connectivity index (χ4n) is 3.59. The Bertz CT molecular complexity index is 1460. The van der Waals surface area contributed by atoms with Gasteiger partial charge in [0.1, 0.15) is 5.82 Å². The van der Waals surface area contributed by atoms with Gasteiger partial charge >= 0.3 is 24.6 Å². The maximum Gasteiger partial charge on any atom is 0.435 e. The molecular formula is C25H15BrF10N2O4. The Hall–Kier alpha value is -4.02. The molecule has 0 fully saturated rings. The van der Waals surface area contributed by atoms with Crippen molar-refractivity contribution in [2.75, 3.05) is 17.7 Å². The maximum absolute atomic E-state index is 14.6. The summed E-state index contributed by atoms with van der Waals surface area (Å²) in [6.07, 6.45) is -13.1. The first-order valence-corrected chi connectivity index (χ1v) is 11.9.